The zero-order chi connectivity index (χ0) is 22.0. The molecule has 7 heteroatoms. The van der Waals surface area contributed by atoms with Crippen LogP contribution >= 0.6 is 0 Å². The molecule has 4 rings (SSSR count). The summed E-state index contributed by atoms with van der Waals surface area (Å²) in [5.41, 5.74) is 4.71. The lowest BCUT2D eigenvalue weighted by Gasteiger charge is -2.10. The molecule has 7 nitrogen and oxygen atoms in total. The third-order valence-electron chi connectivity index (χ3n) is 5.08. The van der Waals surface area contributed by atoms with Crippen LogP contribution in [0.5, 0.6) is 0 Å². The van der Waals surface area contributed by atoms with Gasteiger partial charge >= 0.3 is 5.97 Å². The van der Waals surface area contributed by atoms with Gasteiger partial charge in [-0.15, -0.1) is 0 Å². The van der Waals surface area contributed by atoms with Crippen LogP contribution in [-0.2, 0) is 4.74 Å². The summed E-state index contributed by atoms with van der Waals surface area (Å²) in [6, 6.07) is 16.4. The quantitative estimate of drug-likeness (QED) is 0.367. The summed E-state index contributed by atoms with van der Waals surface area (Å²) < 4.78 is 8.35. The van der Waals surface area contributed by atoms with Gasteiger partial charge in [0.2, 0.25) is 0 Å². The van der Waals surface area contributed by atoms with Crippen molar-refractivity contribution in [3.63, 3.8) is 0 Å². The summed E-state index contributed by atoms with van der Waals surface area (Å²) in [5.74, 6) is -0.336. The number of rotatable bonds is 5. The van der Waals surface area contributed by atoms with E-state index < -0.39 is 0 Å². The van der Waals surface area contributed by atoms with E-state index in [2.05, 4.69) is 14.7 Å². The Kier molecular flexibility index (Phi) is 5.49. The molecule has 0 saturated carbocycles. The summed E-state index contributed by atoms with van der Waals surface area (Å²) in [4.78, 5) is 28.8. The van der Waals surface area contributed by atoms with Gasteiger partial charge in [0.1, 0.15) is 6.33 Å². The summed E-state index contributed by atoms with van der Waals surface area (Å²) in [6.07, 6.45) is 3.08. The normalized spacial score (nSPS) is 11.3. The molecule has 0 bridgehead atoms. The molecule has 31 heavy (non-hydrogen) atoms. The zero-order valence-electron chi connectivity index (χ0n) is 17.6. The Balaban J connectivity index is 1.65. The van der Waals surface area contributed by atoms with E-state index in [4.69, 9.17) is 4.74 Å². The van der Waals surface area contributed by atoms with E-state index in [9.17, 15) is 9.59 Å². The minimum absolute atomic E-state index is 0.217. The van der Waals surface area contributed by atoms with Crippen molar-refractivity contribution in [3.8, 4) is 5.69 Å². The Morgan fingerprint density at radius 3 is 2.61 bits per heavy atom. The second kappa shape index (κ2) is 8.39. The number of carbonyl (C=O) groups is 1. The number of benzene rings is 2. The number of aromatic nitrogens is 3. The van der Waals surface area contributed by atoms with Crippen LogP contribution in [0.1, 0.15) is 34.2 Å². The minimum atomic E-state index is -0.336. The van der Waals surface area contributed by atoms with Crippen LogP contribution in [0.4, 0.5) is 0 Å². The third-order valence-corrected chi connectivity index (χ3v) is 5.08. The number of carbonyl (C=O) groups excluding carboxylic acids is 1. The first-order chi connectivity index (χ1) is 15.0. The molecular formula is C24H22N4O3. The highest BCUT2D eigenvalue weighted by molar-refractivity contribution is 5.89. The minimum Gasteiger partial charge on any atom is -0.462 e. The lowest BCUT2D eigenvalue weighted by Crippen LogP contribution is -2.17. The van der Waals surface area contributed by atoms with Crippen LogP contribution in [0.3, 0.4) is 0 Å². The Morgan fingerprint density at radius 2 is 1.87 bits per heavy atom. The van der Waals surface area contributed by atoms with E-state index >= 15 is 0 Å². The number of aryl methyl sites for hydroxylation is 1. The van der Waals surface area contributed by atoms with Gasteiger partial charge in [-0.1, -0.05) is 12.1 Å². The number of nitrogens with zero attached hydrogens (tertiary/aromatic N) is 4. The highest BCUT2D eigenvalue weighted by Gasteiger charge is 2.12. The number of ether oxygens (including phenoxy) is 1. The number of hydrogen-bond acceptors (Lipinski definition) is 5. The van der Waals surface area contributed by atoms with Crippen molar-refractivity contribution in [1.82, 2.24) is 14.2 Å². The van der Waals surface area contributed by atoms with Crippen LogP contribution in [0, 0.1) is 13.8 Å². The number of fused-ring (bicyclic) bond motifs is 1. The van der Waals surface area contributed by atoms with Gasteiger partial charge < -0.3 is 9.30 Å². The molecule has 0 N–H and O–H groups in total. The molecule has 0 fully saturated rings. The molecule has 0 radical (unpaired) electrons. The van der Waals surface area contributed by atoms with Gasteiger partial charge in [-0.05, 0) is 63.2 Å². The van der Waals surface area contributed by atoms with Crippen molar-refractivity contribution in [2.45, 2.75) is 20.8 Å². The number of esters is 1. The molecule has 0 saturated heterocycles. The average Bonchev–Trinajstić information content (AvgIpc) is 3.07. The lowest BCUT2D eigenvalue weighted by molar-refractivity contribution is 0.0526. The monoisotopic (exact) mass is 414 g/mol. The maximum absolute atomic E-state index is 12.6. The predicted molar refractivity (Wildman–Crippen MR) is 120 cm³/mol. The average molecular weight is 414 g/mol. The topological polar surface area (TPSA) is 78.5 Å². The molecule has 0 atom stereocenters. The van der Waals surface area contributed by atoms with Gasteiger partial charge in [0, 0.05) is 22.6 Å². The second-order valence-corrected chi connectivity index (χ2v) is 7.09. The Labute approximate surface area is 179 Å². The highest BCUT2D eigenvalue weighted by Crippen LogP contribution is 2.20. The molecule has 0 spiro atoms. The first kappa shape index (κ1) is 20.3. The molecule has 0 aliphatic heterocycles. The van der Waals surface area contributed by atoms with Crippen LogP contribution in [-0.4, -0.2) is 33.0 Å². The molecule has 4 aromatic rings. The zero-order valence-corrected chi connectivity index (χ0v) is 17.6. The molecule has 2 heterocycles. The first-order valence-electron chi connectivity index (χ1n) is 9.97. The third kappa shape index (κ3) is 3.90. The summed E-state index contributed by atoms with van der Waals surface area (Å²) >= 11 is 0. The summed E-state index contributed by atoms with van der Waals surface area (Å²) in [5, 5.41) is 4.86. The van der Waals surface area contributed by atoms with Crippen LogP contribution in [0.2, 0.25) is 0 Å². The smallest absolute Gasteiger partial charge is 0.338 e. The van der Waals surface area contributed by atoms with E-state index in [1.54, 1.807) is 43.5 Å². The van der Waals surface area contributed by atoms with Crippen molar-refractivity contribution >= 4 is 23.1 Å². The number of para-hydroxylation sites is 1. The van der Waals surface area contributed by atoms with Gasteiger partial charge in [-0.25, -0.2) is 9.78 Å². The lowest BCUT2D eigenvalue weighted by atomic mass is 10.2. The van der Waals surface area contributed by atoms with Gasteiger partial charge in [0.15, 0.2) is 0 Å². The molecule has 0 aliphatic carbocycles. The Bertz CT molecular complexity index is 1350. The van der Waals surface area contributed by atoms with Gasteiger partial charge in [-0.3, -0.25) is 4.79 Å². The first-order valence-corrected chi connectivity index (χ1v) is 9.97. The van der Waals surface area contributed by atoms with Gasteiger partial charge in [-0.2, -0.15) is 9.78 Å². The number of hydrogen-bond donors (Lipinski definition) is 0. The Hall–Kier alpha value is -4.00. The van der Waals surface area contributed by atoms with E-state index in [0.29, 0.717) is 23.1 Å². The van der Waals surface area contributed by atoms with E-state index in [1.807, 2.05) is 38.1 Å². The van der Waals surface area contributed by atoms with Gasteiger partial charge in [0.05, 0.1) is 29.3 Å². The molecule has 0 unspecified atom stereocenters. The molecule has 156 valence electrons. The van der Waals surface area contributed by atoms with Crippen molar-refractivity contribution in [2.24, 2.45) is 5.10 Å². The maximum Gasteiger partial charge on any atom is 0.338 e. The molecule has 0 aliphatic rings. The highest BCUT2D eigenvalue weighted by atomic mass is 16.5. The van der Waals surface area contributed by atoms with Crippen molar-refractivity contribution in [2.75, 3.05) is 6.61 Å². The molecule has 2 aromatic carbocycles. The van der Waals surface area contributed by atoms with E-state index in [1.165, 1.54) is 11.0 Å². The maximum atomic E-state index is 12.6. The fourth-order valence-electron chi connectivity index (χ4n) is 3.54. The summed E-state index contributed by atoms with van der Waals surface area (Å²) in [6.45, 7) is 6.10. The molecule has 0 amide bonds. The van der Waals surface area contributed by atoms with Crippen LogP contribution < -0.4 is 5.56 Å². The fraction of sp³-hybridized carbons (Fsp3) is 0.167. The van der Waals surface area contributed by atoms with Crippen LogP contribution in [0.25, 0.3) is 16.6 Å². The predicted octanol–water partition coefficient (Wildman–Crippen LogP) is 3.86. The van der Waals surface area contributed by atoms with E-state index in [-0.39, 0.29) is 11.5 Å². The van der Waals surface area contributed by atoms with E-state index in [0.717, 1.165) is 22.6 Å². The van der Waals surface area contributed by atoms with Crippen molar-refractivity contribution in [1.29, 1.82) is 0 Å². The standard InChI is InChI=1S/C24H22N4O3/c1-4-31-24(30)18-9-11-20(12-10-18)28-16(2)13-19(17(28)3)14-26-27-15-25-22-8-6-5-7-21(22)23(27)29/h5-15H,4H2,1-3H3/b26-14+. The summed E-state index contributed by atoms with van der Waals surface area (Å²) in [7, 11) is 0. The van der Waals surface area contributed by atoms with Crippen LogP contribution in [0.15, 0.2) is 70.8 Å². The van der Waals surface area contributed by atoms with Crippen molar-refractivity contribution in [3.05, 3.63) is 93.8 Å². The van der Waals surface area contributed by atoms with Crippen molar-refractivity contribution < 1.29 is 9.53 Å². The molecular weight excluding hydrogens is 392 g/mol. The Morgan fingerprint density at radius 1 is 1.13 bits per heavy atom. The SMILES string of the molecule is CCOC(=O)c1ccc(-n2c(C)cc(/C=N/n3cnc4ccccc4c3=O)c2C)cc1. The largest absolute Gasteiger partial charge is 0.462 e. The second-order valence-electron chi connectivity index (χ2n) is 7.09. The fourth-order valence-corrected chi connectivity index (χ4v) is 3.54. The van der Waals surface area contributed by atoms with Gasteiger partial charge in [0.25, 0.3) is 5.56 Å². The molecule has 2 aromatic heterocycles.